The van der Waals surface area contributed by atoms with E-state index in [1.54, 1.807) is 36.9 Å². The van der Waals surface area contributed by atoms with Gasteiger partial charge in [0, 0.05) is 69.2 Å². The van der Waals surface area contributed by atoms with Gasteiger partial charge in [0.2, 0.25) is 0 Å². The van der Waals surface area contributed by atoms with Gasteiger partial charge in [0.15, 0.2) is 21.9 Å². The molecule has 15 nitrogen and oxygen atoms in total. The van der Waals surface area contributed by atoms with Crippen molar-refractivity contribution >= 4 is 56.5 Å². The molecule has 2 aromatic carbocycles. The monoisotopic (exact) mass is 1000 g/mol. The van der Waals surface area contributed by atoms with Crippen LogP contribution in [0.4, 0.5) is 48.2 Å². The third-order valence-electron chi connectivity index (χ3n) is 10.7. The molecule has 0 bridgehead atoms. The molecule has 0 radical (unpaired) electrons. The molecule has 8 aromatic rings. The van der Waals surface area contributed by atoms with E-state index in [9.17, 15) is 41.0 Å². The summed E-state index contributed by atoms with van der Waals surface area (Å²) in [5.41, 5.74) is 1.95. The Kier molecular flexibility index (Phi) is 15.6. The molecule has 0 atom stereocenters. The number of hydrogen-bond acceptors (Lipinski definition) is 16. The number of halogens is 6. The van der Waals surface area contributed by atoms with Gasteiger partial charge in [-0.25, -0.2) is 49.5 Å². The molecule has 71 heavy (non-hydrogen) atoms. The molecular weight excluding hydrogens is 970 g/mol. The Hall–Kier alpha value is -7.16. The van der Waals surface area contributed by atoms with E-state index in [1.165, 1.54) is 22.7 Å². The van der Waals surface area contributed by atoms with Crippen molar-refractivity contribution in [3.63, 3.8) is 0 Å². The van der Waals surface area contributed by atoms with E-state index in [1.807, 2.05) is 48.5 Å². The van der Waals surface area contributed by atoms with Crippen LogP contribution in [0, 0.1) is 0 Å². The summed E-state index contributed by atoms with van der Waals surface area (Å²) in [4.78, 5) is 59.8. The fourth-order valence-corrected chi connectivity index (χ4v) is 9.26. The predicted octanol–water partition coefficient (Wildman–Crippen LogP) is 8.92. The summed E-state index contributed by atoms with van der Waals surface area (Å²) in [6, 6.07) is 20.1. The van der Waals surface area contributed by atoms with Gasteiger partial charge in [-0.3, -0.25) is 0 Å². The predicted molar refractivity (Wildman–Crippen MR) is 246 cm³/mol. The largest absolute Gasteiger partial charge is 1.00 e. The zero-order valence-corrected chi connectivity index (χ0v) is 38.8. The molecule has 2 aliphatic carbocycles. The quantitative estimate of drug-likeness (QED) is 0.0591. The van der Waals surface area contributed by atoms with E-state index in [0.717, 1.165) is 82.3 Å². The van der Waals surface area contributed by atoms with Crippen LogP contribution in [0.25, 0.3) is 45.3 Å². The van der Waals surface area contributed by atoms with Crippen molar-refractivity contribution in [3.8, 4) is 45.3 Å². The zero-order valence-electron chi connectivity index (χ0n) is 37.2. The van der Waals surface area contributed by atoms with E-state index in [-0.39, 0.29) is 41.5 Å². The molecule has 358 valence electrons. The van der Waals surface area contributed by atoms with E-state index in [0.29, 0.717) is 52.2 Å². The zero-order chi connectivity index (χ0) is 48.5. The van der Waals surface area contributed by atoms with Crippen LogP contribution in [-0.2, 0) is 17.1 Å². The van der Waals surface area contributed by atoms with Gasteiger partial charge in [0.1, 0.15) is 22.8 Å². The third kappa shape index (κ3) is 12.1. The van der Waals surface area contributed by atoms with E-state index in [4.69, 9.17) is 4.98 Å². The van der Waals surface area contributed by atoms with Crippen molar-refractivity contribution in [2.45, 2.75) is 49.9 Å². The average molecular weight is 1000 g/mol. The summed E-state index contributed by atoms with van der Waals surface area (Å²) in [5.74, 6) is -0.750. The maximum absolute atomic E-state index is 13.1. The van der Waals surface area contributed by atoms with Gasteiger partial charge in [0.05, 0.1) is 29.6 Å². The minimum atomic E-state index is -4.69. The van der Waals surface area contributed by atoms with Crippen LogP contribution in [0.15, 0.2) is 110 Å². The minimum Gasteiger partial charge on any atom is -0.870 e. The molecule has 0 saturated heterocycles. The first kappa shape index (κ1) is 51.7. The number of methoxy groups -OCH3 is 1. The maximum Gasteiger partial charge on any atom is 1.00 e. The number of nitrogens with one attached hydrogen (secondary N) is 2. The summed E-state index contributed by atoms with van der Waals surface area (Å²) in [6.45, 7) is 0. The van der Waals surface area contributed by atoms with Crippen LogP contribution in [-0.4, -0.2) is 69.5 Å². The summed E-state index contributed by atoms with van der Waals surface area (Å²) < 4.78 is 83.1. The van der Waals surface area contributed by atoms with Gasteiger partial charge >= 0.3 is 43.2 Å². The number of aromatic carboxylic acids is 1. The molecule has 24 heteroatoms. The first-order valence-corrected chi connectivity index (χ1v) is 22.5. The van der Waals surface area contributed by atoms with Gasteiger partial charge in [-0.2, -0.15) is 26.3 Å². The normalized spacial score (nSPS) is 13.2. The molecule has 0 unspecified atom stereocenters. The number of hydrogen-bond donors (Lipinski definition) is 3. The number of alkyl halides is 6. The number of carboxylic acid groups (broad SMARTS) is 1. The van der Waals surface area contributed by atoms with Crippen molar-refractivity contribution in [3.05, 3.63) is 142 Å². The number of nitrogens with zero attached hydrogens (tertiary/aromatic N) is 8. The fraction of sp³-hybridized carbons (Fsp3) is 0.191. The molecule has 6 aromatic heterocycles. The van der Waals surface area contributed by atoms with Crippen LogP contribution in [0.3, 0.4) is 0 Å². The van der Waals surface area contributed by atoms with Gasteiger partial charge in [-0.15, -0.1) is 22.7 Å². The summed E-state index contributed by atoms with van der Waals surface area (Å²) in [5, 5.41) is 15.9. The number of ether oxygens (including phenoxy) is 1. The number of carboxylic acids is 1. The number of thiazole rings is 2. The number of pyridine rings is 2. The standard InChI is InChI=1S/C24H18F3N5O2S.C23H16F3N5O2S.Li.H2O/c1-34-22(33)17-11-16(24(25,26)27)12-30-21(17)32-23-31-18(19(35-23)14-5-6-14)13-3-7-15(8-4-13)20-28-9-2-10-29-20;24-23(25,26)15-10-16(21(32)33)20(29-11-15)31-22-30-17(18(34-22)13-4-5-13)12-2-6-14(7-3-12)19-27-8-1-9-28-19;;/h2-4,7-12,14H,5-6H2,1H3,(H,30,31,32);1-3,6-11,13H,4-5H2,(H,32,33)(H,29,30,31);;1H2/q;;+1;/p-1. The second-order valence-electron chi connectivity index (χ2n) is 15.6. The maximum atomic E-state index is 13.1. The molecule has 4 N–H and O–H groups in total. The Morgan fingerprint density at radius 1 is 0.606 bits per heavy atom. The molecule has 0 aliphatic heterocycles. The SMILES string of the molecule is COC(=O)c1cc(C(F)(F)F)cnc1Nc1nc(-c2ccc(-c3ncccn3)cc2)c(C2CC2)s1.O=C(O)c1cc(C(F)(F)F)cnc1Nc1nc(-c2ccc(-c3ncccn3)cc2)c(C2CC2)s1.[Li+].[OH-]. The van der Waals surface area contributed by atoms with Crippen molar-refractivity contribution in [1.82, 2.24) is 39.9 Å². The average Bonchev–Trinajstić information content (AvgIpc) is 4.30. The Bertz CT molecular complexity index is 3160. The molecular formula is C47H35F6LiN10O5S2. The molecule has 0 amide bonds. The molecule has 0 spiro atoms. The second kappa shape index (κ2) is 21.5. The molecule has 2 saturated carbocycles. The van der Waals surface area contributed by atoms with Crippen molar-refractivity contribution in [1.29, 1.82) is 0 Å². The fourth-order valence-electron chi connectivity index (χ4n) is 6.95. The second-order valence-corrected chi connectivity index (χ2v) is 17.7. The van der Waals surface area contributed by atoms with Crippen LogP contribution in [0.5, 0.6) is 0 Å². The summed E-state index contributed by atoms with van der Waals surface area (Å²) in [6.07, 6.45) is 2.75. The van der Waals surface area contributed by atoms with Gasteiger partial charge in [-0.05, 0) is 61.8 Å². The van der Waals surface area contributed by atoms with Crippen LogP contribution >= 0.6 is 22.7 Å². The molecule has 2 aliphatic rings. The molecule has 6 heterocycles. The first-order chi connectivity index (χ1) is 33.1. The van der Waals surface area contributed by atoms with Crippen molar-refractivity contribution in [2.75, 3.05) is 17.7 Å². The summed E-state index contributed by atoms with van der Waals surface area (Å²) >= 11 is 2.75. The minimum absolute atomic E-state index is 0. The number of carbonyl (C=O) groups excluding carboxylic acids is 1. The van der Waals surface area contributed by atoms with E-state index in [2.05, 4.69) is 50.3 Å². The van der Waals surface area contributed by atoms with Crippen molar-refractivity contribution in [2.24, 2.45) is 0 Å². The third-order valence-corrected chi connectivity index (χ3v) is 13.0. The molecule has 2 fully saturated rings. The van der Waals surface area contributed by atoms with E-state index >= 15 is 0 Å². The van der Waals surface area contributed by atoms with Gasteiger partial charge in [0.25, 0.3) is 0 Å². The van der Waals surface area contributed by atoms with Crippen LogP contribution < -0.4 is 29.5 Å². The van der Waals surface area contributed by atoms with Crippen molar-refractivity contribution < 1.29 is 70.1 Å². The number of aromatic nitrogens is 8. The Labute approximate surface area is 419 Å². The number of carbonyl (C=O) groups is 2. The Morgan fingerprint density at radius 3 is 1.32 bits per heavy atom. The number of benzene rings is 2. The number of esters is 1. The van der Waals surface area contributed by atoms with Crippen LogP contribution in [0.2, 0.25) is 0 Å². The molecule has 10 rings (SSSR count). The Morgan fingerprint density at radius 2 is 0.972 bits per heavy atom. The van der Waals surface area contributed by atoms with Gasteiger partial charge in [-0.1, -0.05) is 48.5 Å². The van der Waals surface area contributed by atoms with Crippen LogP contribution in [0.1, 0.15) is 79.1 Å². The number of anilines is 4. The van der Waals surface area contributed by atoms with Gasteiger partial charge < -0.3 is 26.0 Å². The first-order valence-electron chi connectivity index (χ1n) is 20.9. The topological polar surface area (TPSA) is 221 Å². The Balaban J connectivity index is 0.000000203. The smallest absolute Gasteiger partial charge is 0.870 e. The summed E-state index contributed by atoms with van der Waals surface area (Å²) in [7, 11) is 1.10. The van der Waals surface area contributed by atoms with E-state index < -0.39 is 41.0 Å². The number of rotatable bonds is 12.